The zero-order valence-corrected chi connectivity index (χ0v) is 9.58. The van der Waals surface area contributed by atoms with Crippen LogP contribution in [0.15, 0.2) is 18.3 Å². The van der Waals surface area contributed by atoms with Crippen molar-refractivity contribution in [2.75, 3.05) is 11.9 Å². The standard InChI is InChI=1S/C13H19N3/c1-2-10(1)14-7-5-12-9-13(6-8-15-12)16-11-3-4-11/h6,8-11,14H,1-5,7H2,(H,15,16). The van der Waals surface area contributed by atoms with Crippen LogP contribution in [0.4, 0.5) is 5.69 Å². The summed E-state index contributed by atoms with van der Waals surface area (Å²) in [5.41, 5.74) is 2.43. The molecule has 1 aromatic rings. The minimum atomic E-state index is 0.722. The summed E-state index contributed by atoms with van der Waals surface area (Å²) < 4.78 is 0. The lowest BCUT2D eigenvalue weighted by atomic mass is 10.2. The zero-order valence-electron chi connectivity index (χ0n) is 9.58. The quantitative estimate of drug-likeness (QED) is 0.764. The fourth-order valence-corrected chi connectivity index (χ4v) is 1.86. The van der Waals surface area contributed by atoms with E-state index in [2.05, 4.69) is 27.8 Å². The summed E-state index contributed by atoms with van der Waals surface area (Å²) in [5.74, 6) is 0. The molecule has 0 aliphatic heterocycles. The Kier molecular flexibility index (Phi) is 2.79. The summed E-state index contributed by atoms with van der Waals surface area (Å²) in [4.78, 5) is 4.40. The number of pyridine rings is 1. The molecule has 0 bridgehead atoms. The molecule has 3 nitrogen and oxygen atoms in total. The molecule has 2 saturated carbocycles. The van der Waals surface area contributed by atoms with Crippen LogP contribution >= 0.6 is 0 Å². The first-order valence-electron chi connectivity index (χ1n) is 6.35. The first-order chi connectivity index (χ1) is 7.90. The van der Waals surface area contributed by atoms with Gasteiger partial charge in [-0.2, -0.15) is 0 Å². The minimum absolute atomic E-state index is 0.722. The fourth-order valence-electron chi connectivity index (χ4n) is 1.86. The summed E-state index contributed by atoms with van der Waals surface area (Å²) in [6, 6.07) is 5.77. The normalized spacial score (nSPS) is 19.8. The number of nitrogens with one attached hydrogen (secondary N) is 2. The van der Waals surface area contributed by atoms with Gasteiger partial charge in [0, 0.05) is 42.6 Å². The van der Waals surface area contributed by atoms with E-state index in [9.17, 15) is 0 Å². The molecule has 2 fully saturated rings. The van der Waals surface area contributed by atoms with Crippen LogP contribution in [0.5, 0.6) is 0 Å². The van der Waals surface area contributed by atoms with Gasteiger partial charge >= 0.3 is 0 Å². The molecule has 3 heteroatoms. The highest BCUT2D eigenvalue weighted by Gasteiger charge is 2.21. The molecule has 1 aromatic heterocycles. The average Bonchev–Trinajstić information content (AvgIpc) is 3.12. The highest BCUT2D eigenvalue weighted by molar-refractivity contribution is 5.45. The molecule has 0 amide bonds. The van der Waals surface area contributed by atoms with Gasteiger partial charge in [-0.05, 0) is 37.8 Å². The third-order valence-corrected chi connectivity index (χ3v) is 3.16. The molecule has 2 N–H and O–H groups in total. The number of nitrogens with zero attached hydrogens (tertiary/aromatic N) is 1. The Labute approximate surface area is 96.7 Å². The number of hydrogen-bond donors (Lipinski definition) is 2. The first-order valence-corrected chi connectivity index (χ1v) is 6.35. The van der Waals surface area contributed by atoms with E-state index >= 15 is 0 Å². The third-order valence-electron chi connectivity index (χ3n) is 3.16. The van der Waals surface area contributed by atoms with Crippen molar-refractivity contribution in [3.63, 3.8) is 0 Å². The van der Waals surface area contributed by atoms with Gasteiger partial charge in [0.2, 0.25) is 0 Å². The van der Waals surface area contributed by atoms with E-state index in [0.717, 1.165) is 25.0 Å². The second kappa shape index (κ2) is 4.42. The molecular weight excluding hydrogens is 198 g/mol. The second-order valence-electron chi connectivity index (χ2n) is 4.93. The molecular formula is C13H19N3. The lowest BCUT2D eigenvalue weighted by Crippen LogP contribution is -2.19. The van der Waals surface area contributed by atoms with Gasteiger partial charge in [0.1, 0.15) is 0 Å². The van der Waals surface area contributed by atoms with E-state index < -0.39 is 0 Å². The maximum Gasteiger partial charge on any atom is 0.0436 e. The largest absolute Gasteiger partial charge is 0.382 e. The number of rotatable bonds is 6. The molecule has 0 spiro atoms. The average molecular weight is 217 g/mol. The van der Waals surface area contributed by atoms with Crippen molar-refractivity contribution < 1.29 is 0 Å². The van der Waals surface area contributed by atoms with Crippen LogP contribution in [0.1, 0.15) is 31.4 Å². The molecule has 0 atom stereocenters. The van der Waals surface area contributed by atoms with E-state index in [1.807, 2.05) is 6.20 Å². The Morgan fingerprint density at radius 1 is 1.19 bits per heavy atom. The van der Waals surface area contributed by atoms with Gasteiger partial charge in [0.15, 0.2) is 0 Å². The number of hydrogen-bond acceptors (Lipinski definition) is 3. The topological polar surface area (TPSA) is 37.0 Å². The van der Waals surface area contributed by atoms with Crippen molar-refractivity contribution in [3.8, 4) is 0 Å². The Balaban J connectivity index is 1.51. The Bertz CT molecular complexity index is 356. The number of anilines is 1. The lowest BCUT2D eigenvalue weighted by molar-refractivity contribution is 0.675. The van der Waals surface area contributed by atoms with E-state index in [4.69, 9.17) is 0 Å². The highest BCUT2D eigenvalue weighted by atomic mass is 15.0. The van der Waals surface area contributed by atoms with Crippen molar-refractivity contribution in [2.45, 2.75) is 44.2 Å². The summed E-state index contributed by atoms with van der Waals surface area (Å²) in [6.07, 6.45) is 8.31. The first kappa shape index (κ1) is 10.1. The molecule has 16 heavy (non-hydrogen) atoms. The van der Waals surface area contributed by atoms with Gasteiger partial charge < -0.3 is 10.6 Å². The van der Waals surface area contributed by atoms with E-state index in [-0.39, 0.29) is 0 Å². The maximum absolute atomic E-state index is 4.40. The Hall–Kier alpha value is -1.09. The Morgan fingerprint density at radius 2 is 2.00 bits per heavy atom. The van der Waals surface area contributed by atoms with Crippen molar-refractivity contribution in [2.24, 2.45) is 0 Å². The van der Waals surface area contributed by atoms with Gasteiger partial charge in [-0.1, -0.05) is 0 Å². The summed E-state index contributed by atoms with van der Waals surface area (Å²) in [5, 5.41) is 7.02. The third kappa shape index (κ3) is 2.95. The van der Waals surface area contributed by atoms with Gasteiger partial charge in [0.05, 0.1) is 0 Å². The van der Waals surface area contributed by atoms with Crippen LogP contribution < -0.4 is 10.6 Å². The van der Waals surface area contributed by atoms with Crippen LogP contribution in [0, 0.1) is 0 Å². The molecule has 0 aromatic carbocycles. The number of aromatic nitrogens is 1. The van der Waals surface area contributed by atoms with Gasteiger partial charge in [-0.3, -0.25) is 4.98 Å². The van der Waals surface area contributed by atoms with Crippen LogP contribution in [-0.4, -0.2) is 23.6 Å². The summed E-state index contributed by atoms with van der Waals surface area (Å²) >= 11 is 0. The summed E-state index contributed by atoms with van der Waals surface area (Å²) in [6.45, 7) is 1.06. The predicted octanol–water partition coefficient (Wildman–Crippen LogP) is 1.95. The van der Waals surface area contributed by atoms with Crippen molar-refractivity contribution in [1.29, 1.82) is 0 Å². The fraction of sp³-hybridized carbons (Fsp3) is 0.615. The van der Waals surface area contributed by atoms with Crippen LogP contribution in [0.3, 0.4) is 0 Å². The SMILES string of the molecule is c1cc(NC2CC2)cc(CCNC2CC2)n1. The van der Waals surface area contributed by atoms with Crippen molar-refractivity contribution in [3.05, 3.63) is 24.0 Å². The van der Waals surface area contributed by atoms with E-state index in [1.54, 1.807) is 0 Å². The minimum Gasteiger partial charge on any atom is -0.382 e. The predicted molar refractivity (Wildman–Crippen MR) is 65.6 cm³/mol. The highest BCUT2D eigenvalue weighted by Crippen LogP contribution is 2.24. The van der Waals surface area contributed by atoms with Crippen molar-refractivity contribution >= 4 is 5.69 Å². The monoisotopic (exact) mass is 217 g/mol. The maximum atomic E-state index is 4.40. The summed E-state index contributed by atoms with van der Waals surface area (Å²) in [7, 11) is 0. The zero-order chi connectivity index (χ0) is 10.8. The molecule has 0 saturated heterocycles. The molecule has 0 radical (unpaired) electrons. The molecule has 3 rings (SSSR count). The molecule has 2 aliphatic carbocycles. The van der Waals surface area contributed by atoms with E-state index in [1.165, 1.54) is 37.1 Å². The van der Waals surface area contributed by atoms with E-state index in [0.29, 0.717) is 0 Å². The molecule has 86 valence electrons. The second-order valence-corrected chi connectivity index (χ2v) is 4.93. The smallest absolute Gasteiger partial charge is 0.0436 e. The lowest BCUT2D eigenvalue weighted by Gasteiger charge is -2.07. The van der Waals surface area contributed by atoms with Gasteiger partial charge in [-0.15, -0.1) is 0 Å². The molecule has 1 heterocycles. The van der Waals surface area contributed by atoms with Crippen LogP contribution in [0.2, 0.25) is 0 Å². The Morgan fingerprint density at radius 3 is 2.75 bits per heavy atom. The molecule has 0 unspecified atom stereocenters. The molecule has 2 aliphatic rings. The van der Waals surface area contributed by atoms with Crippen LogP contribution in [0.25, 0.3) is 0 Å². The van der Waals surface area contributed by atoms with Crippen LogP contribution in [-0.2, 0) is 6.42 Å². The van der Waals surface area contributed by atoms with Gasteiger partial charge in [0.25, 0.3) is 0 Å². The van der Waals surface area contributed by atoms with Crippen molar-refractivity contribution in [1.82, 2.24) is 10.3 Å². The van der Waals surface area contributed by atoms with Gasteiger partial charge in [-0.25, -0.2) is 0 Å².